The first-order valence-corrected chi connectivity index (χ1v) is 7.43. The minimum Gasteiger partial charge on any atom is -0.315 e. The monoisotopic (exact) mass is 234 g/mol. The molecule has 0 aliphatic carbocycles. The molecule has 1 rings (SSSR count). The van der Waals surface area contributed by atoms with Gasteiger partial charge in [0.25, 0.3) is 0 Å². The Morgan fingerprint density at radius 2 is 2.13 bits per heavy atom. The third-order valence-corrected chi connectivity index (χ3v) is 4.01. The zero-order valence-corrected chi connectivity index (χ0v) is 10.7. The van der Waals surface area contributed by atoms with Crippen molar-refractivity contribution in [3.63, 3.8) is 0 Å². The molecule has 1 aliphatic rings. The van der Waals surface area contributed by atoms with E-state index in [0.29, 0.717) is 12.5 Å². The fourth-order valence-electron chi connectivity index (χ4n) is 1.99. The van der Waals surface area contributed by atoms with E-state index in [0.717, 1.165) is 25.9 Å². The lowest BCUT2D eigenvalue weighted by molar-refractivity contribution is 0.368. The van der Waals surface area contributed by atoms with Gasteiger partial charge in [-0.3, -0.25) is 0 Å². The van der Waals surface area contributed by atoms with Crippen LogP contribution in [-0.4, -0.2) is 44.7 Å². The molecule has 4 nitrogen and oxygen atoms in total. The van der Waals surface area contributed by atoms with Gasteiger partial charge in [-0.15, -0.1) is 0 Å². The van der Waals surface area contributed by atoms with Gasteiger partial charge in [0.1, 0.15) is 0 Å². The van der Waals surface area contributed by atoms with Gasteiger partial charge in [-0.2, -0.15) is 4.31 Å². The van der Waals surface area contributed by atoms with Crippen LogP contribution in [0.4, 0.5) is 0 Å². The molecule has 90 valence electrons. The van der Waals surface area contributed by atoms with E-state index >= 15 is 0 Å². The molecule has 0 aromatic heterocycles. The van der Waals surface area contributed by atoms with Gasteiger partial charge in [-0.1, -0.05) is 13.8 Å². The van der Waals surface area contributed by atoms with Crippen molar-refractivity contribution in [1.29, 1.82) is 0 Å². The lowest BCUT2D eigenvalue weighted by Crippen LogP contribution is -2.41. The molecule has 0 aromatic carbocycles. The lowest BCUT2D eigenvalue weighted by Gasteiger charge is -2.22. The number of rotatable bonds is 5. The summed E-state index contributed by atoms with van der Waals surface area (Å²) in [7, 11) is -3.01. The van der Waals surface area contributed by atoms with Crippen molar-refractivity contribution in [2.45, 2.75) is 32.7 Å². The zero-order chi connectivity index (χ0) is 11.5. The molecule has 1 saturated heterocycles. The van der Waals surface area contributed by atoms with E-state index in [1.807, 2.05) is 0 Å². The molecule has 15 heavy (non-hydrogen) atoms. The fourth-order valence-corrected chi connectivity index (χ4v) is 3.17. The van der Waals surface area contributed by atoms with E-state index in [2.05, 4.69) is 19.2 Å². The first kappa shape index (κ1) is 12.9. The van der Waals surface area contributed by atoms with Gasteiger partial charge < -0.3 is 5.32 Å². The molecule has 1 N–H and O–H groups in total. The predicted molar refractivity (Wildman–Crippen MR) is 62.3 cm³/mol. The molecule has 0 aromatic rings. The minimum absolute atomic E-state index is 0.166. The molecule has 0 radical (unpaired) electrons. The second kappa shape index (κ2) is 5.27. The van der Waals surface area contributed by atoms with E-state index in [4.69, 9.17) is 0 Å². The topological polar surface area (TPSA) is 49.4 Å². The van der Waals surface area contributed by atoms with Crippen LogP contribution in [0.2, 0.25) is 0 Å². The van der Waals surface area contributed by atoms with Gasteiger partial charge in [-0.25, -0.2) is 8.42 Å². The van der Waals surface area contributed by atoms with Crippen molar-refractivity contribution in [3.8, 4) is 0 Å². The predicted octanol–water partition coefficient (Wildman–Crippen LogP) is 0.656. The van der Waals surface area contributed by atoms with Crippen LogP contribution in [0.3, 0.4) is 0 Å². The summed E-state index contributed by atoms with van der Waals surface area (Å²) in [6.07, 6.45) is 3.27. The van der Waals surface area contributed by atoms with Crippen molar-refractivity contribution in [2.75, 3.05) is 25.9 Å². The molecule has 0 saturated carbocycles. The highest BCUT2D eigenvalue weighted by molar-refractivity contribution is 7.88. The van der Waals surface area contributed by atoms with Crippen LogP contribution in [0.5, 0.6) is 0 Å². The van der Waals surface area contributed by atoms with Crippen molar-refractivity contribution < 1.29 is 8.42 Å². The van der Waals surface area contributed by atoms with Crippen LogP contribution in [0, 0.1) is 5.92 Å². The Hall–Kier alpha value is -0.130. The summed E-state index contributed by atoms with van der Waals surface area (Å²) in [4.78, 5) is 0. The maximum absolute atomic E-state index is 11.4. The van der Waals surface area contributed by atoms with Gasteiger partial charge in [0.2, 0.25) is 10.0 Å². The van der Waals surface area contributed by atoms with Crippen molar-refractivity contribution in [1.82, 2.24) is 9.62 Å². The number of nitrogens with one attached hydrogen (secondary N) is 1. The van der Waals surface area contributed by atoms with Gasteiger partial charge >= 0.3 is 0 Å². The van der Waals surface area contributed by atoms with Crippen LogP contribution >= 0.6 is 0 Å². The third-order valence-electron chi connectivity index (χ3n) is 2.68. The Morgan fingerprint density at radius 1 is 1.47 bits per heavy atom. The highest BCUT2D eigenvalue weighted by Gasteiger charge is 2.30. The summed E-state index contributed by atoms with van der Waals surface area (Å²) in [5, 5.41) is 3.32. The second-order valence-corrected chi connectivity index (χ2v) is 6.66. The molecular weight excluding hydrogens is 212 g/mol. The largest absolute Gasteiger partial charge is 0.315 e. The van der Waals surface area contributed by atoms with E-state index in [9.17, 15) is 8.42 Å². The molecule has 1 heterocycles. The van der Waals surface area contributed by atoms with Crippen molar-refractivity contribution in [2.24, 2.45) is 5.92 Å². The molecular formula is C10H22N2O2S. The molecule has 5 heteroatoms. The maximum atomic E-state index is 11.4. The average molecular weight is 234 g/mol. The summed E-state index contributed by atoms with van der Waals surface area (Å²) in [5.74, 6) is 0.609. The van der Waals surface area contributed by atoms with Gasteiger partial charge in [0.15, 0.2) is 0 Å². The summed E-state index contributed by atoms with van der Waals surface area (Å²) in [6, 6.07) is 0.166. The highest BCUT2D eigenvalue weighted by Crippen LogP contribution is 2.19. The SMILES string of the molecule is CC(C)CNC[C@H]1CCCN1S(C)(=O)=O. The molecule has 1 atom stereocenters. The van der Waals surface area contributed by atoms with Crippen LogP contribution < -0.4 is 5.32 Å². The quantitative estimate of drug-likeness (QED) is 0.760. The second-order valence-electron chi connectivity index (χ2n) is 4.72. The van der Waals surface area contributed by atoms with Crippen molar-refractivity contribution >= 4 is 10.0 Å². The maximum Gasteiger partial charge on any atom is 0.211 e. The minimum atomic E-state index is -3.01. The van der Waals surface area contributed by atoms with E-state index in [-0.39, 0.29) is 6.04 Å². The number of hydrogen-bond acceptors (Lipinski definition) is 3. The average Bonchev–Trinajstić information content (AvgIpc) is 2.50. The third kappa shape index (κ3) is 4.09. The number of nitrogens with zero attached hydrogens (tertiary/aromatic N) is 1. The van der Waals surface area contributed by atoms with Gasteiger partial charge in [0.05, 0.1) is 6.26 Å². The van der Waals surface area contributed by atoms with Crippen molar-refractivity contribution in [3.05, 3.63) is 0 Å². The smallest absolute Gasteiger partial charge is 0.211 e. The number of hydrogen-bond donors (Lipinski definition) is 1. The Morgan fingerprint density at radius 3 is 2.67 bits per heavy atom. The van der Waals surface area contributed by atoms with E-state index in [1.54, 1.807) is 4.31 Å². The summed E-state index contributed by atoms with van der Waals surface area (Å²) < 4.78 is 24.5. The summed E-state index contributed by atoms with van der Waals surface area (Å²) in [5.41, 5.74) is 0. The van der Waals surface area contributed by atoms with Crippen LogP contribution in [0.25, 0.3) is 0 Å². The standard InChI is InChI=1S/C10H22N2O2S/c1-9(2)7-11-8-10-5-4-6-12(10)15(3,13)14/h9-11H,4-8H2,1-3H3/t10-/m1/s1. The van der Waals surface area contributed by atoms with E-state index < -0.39 is 10.0 Å². The zero-order valence-electron chi connectivity index (χ0n) is 9.86. The summed E-state index contributed by atoms with van der Waals surface area (Å²) in [6.45, 7) is 6.72. The Kier molecular flexibility index (Phi) is 4.55. The molecule has 0 amide bonds. The first-order valence-electron chi connectivity index (χ1n) is 5.59. The normalized spacial score (nSPS) is 23.9. The number of sulfonamides is 1. The Bertz CT molecular complexity index is 288. The van der Waals surface area contributed by atoms with E-state index in [1.165, 1.54) is 6.26 Å². The molecule has 0 spiro atoms. The molecule has 1 aliphatic heterocycles. The van der Waals surface area contributed by atoms with Gasteiger partial charge in [0, 0.05) is 19.1 Å². The molecule has 0 unspecified atom stereocenters. The van der Waals surface area contributed by atoms with Crippen LogP contribution in [0.1, 0.15) is 26.7 Å². The van der Waals surface area contributed by atoms with Gasteiger partial charge in [-0.05, 0) is 25.3 Å². The highest BCUT2D eigenvalue weighted by atomic mass is 32.2. The molecule has 0 bridgehead atoms. The summed E-state index contributed by atoms with van der Waals surface area (Å²) >= 11 is 0. The lowest BCUT2D eigenvalue weighted by atomic mass is 10.2. The van der Waals surface area contributed by atoms with Crippen LogP contribution in [0.15, 0.2) is 0 Å². The first-order chi connectivity index (χ1) is 6.91. The fraction of sp³-hybridized carbons (Fsp3) is 1.00. The Labute approximate surface area is 93.1 Å². The van der Waals surface area contributed by atoms with Crippen LogP contribution in [-0.2, 0) is 10.0 Å². The molecule has 1 fully saturated rings. The Balaban J connectivity index is 2.41.